The number of ether oxygens (including phenoxy) is 1. The van der Waals surface area contributed by atoms with Crippen LogP contribution in [0.1, 0.15) is 73.1 Å². The van der Waals surface area contributed by atoms with Gasteiger partial charge >= 0.3 is 13.2 Å². The minimum atomic E-state index is -0.302. The summed E-state index contributed by atoms with van der Waals surface area (Å²) in [7, 11) is -0.255. The van der Waals surface area contributed by atoms with E-state index in [1.807, 2.05) is 5.98 Å². The summed E-state index contributed by atoms with van der Waals surface area (Å²) in [5, 5.41) is 2.78. The first-order valence-electron chi connectivity index (χ1n) is 9.21. The van der Waals surface area contributed by atoms with Crippen LogP contribution in [0.3, 0.4) is 0 Å². The normalized spacial score (nSPS) is 19.0. The van der Waals surface area contributed by atoms with Crippen molar-refractivity contribution in [1.82, 2.24) is 5.32 Å². The van der Waals surface area contributed by atoms with E-state index in [1.165, 1.54) is 0 Å². The van der Waals surface area contributed by atoms with E-state index in [0.717, 1.165) is 38.5 Å². The summed E-state index contributed by atoms with van der Waals surface area (Å²) in [6, 6.07) is 0. The Kier molecular flexibility index (Phi) is 8.85. The summed E-state index contributed by atoms with van der Waals surface area (Å²) >= 11 is 0. The van der Waals surface area contributed by atoms with E-state index < -0.39 is 0 Å². The molecule has 0 aliphatic carbocycles. The minimum absolute atomic E-state index is 0.255. The van der Waals surface area contributed by atoms with Gasteiger partial charge in [0, 0.05) is 6.54 Å². The van der Waals surface area contributed by atoms with Gasteiger partial charge in [0.05, 0.1) is 17.8 Å². The molecule has 0 unspecified atom stereocenters. The molecule has 1 saturated heterocycles. The summed E-state index contributed by atoms with van der Waals surface area (Å²) in [4.78, 5) is 11.3. The van der Waals surface area contributed by atoms with E-state index in [2.05, 4.69) is 46.0 Å². The molecular formula is C18H34BNO4. The SMILES string of the molecule is CCCCOC(=O)NCCCCC/C=C/B1OC(C)(C)C(C)(C)O1. The fourth-order valence-electron chi connectivity index (χ4n) is 2.29. The molecule has 0 bridgehead atoms. The zero-order valence-corrected chi connectivity index (χ0v) is 16.0. The lowest BCUT2D eigenvalue weighted by atomic mass is 9.89. The maximum Gasteiger partial charge on any atom is 0.486 e. The van der Waals surface area contributed by atoms with E-state index in [-0.39, 0.29) is 24.4 Å². The molecule has 0 spiro atoms. The Hall–Kier alpha value is -1.01. The van der Waals surface area contributed by atoms with Crippen molar-refractivity contribution in [3.05, 3.63) is 12.1 Å². The summed E-state index contributed by atoms with van der Waals surface area (Å²) < 4.78 is 16.8. The van der Waals surface area contributed by atoms with Crippen LogP contribution in [0.2, 0.25) is 0 Å². The van der Waals surface area contributed by atoms with Gasteiger partial charge in [0.15, 0.2) is 0 Å². The third kappa shape index (κ3) is 7.26. The fourth-order valence-corrected chi connectivity index (χ4v) is 2.29. The largest absolute Gasteiger partial charge is 0.486 e. The Morgan fingerprint density at radius 3 is 2.38 bits per heavy atom. The molecule has 0 aromatic heterocycles. The minimum Gasteiger partial charge on any atom is -0.450 e. The first-order valence-corrected chi connectivity index (χ1v) is 9.21. The summed E-state index contributed by atoms with van der Waals surface area (Å²) in [6.07, 6.45) is 7.89. The molecule has 1 rings (SSSR count). The van der Waals surface area contributed by atoms with E-state index in [4.69, 9.17) is 14.0 Å². The van der Waals surface area contributed by atoms with Gasteiger partial charge in [-0.25, -0.2) is 4.79 Å². The average molecular weight is 339 g/mol. The van der Waals surface area contributed by atoms with Crippen LogP contribution in [0, 0.1) is 0 Å². The van der Waals surface area contributed by atoms with Crippen molar-refractivity contribution >= 4 is 13.2 Å². The Bertz CT molecular complexity index is 394. The summed E-state index contributed by atoms with van der Waals surface area (Å²) in [6.45, 7) is 11.5. The second kappa shape index (κ2) is 10.1. The van der Waals surface area contributed by atoms with Crippen molar-refractivity contribution < 1.29 is 18.8 Å². The van der Waals surface area contributed by atoms with Crippen LogP contribution < -0.4 is 5.32 Å². The zero-order valence-electron chi connectivity index (χ0n) is 16.0. The van der Waals surface area contributed by atoms with E-state index in [9.17, 15) is 4.79 Å². The molecule has 0 aromatic carbocycles. The molecule has 0 aromatic rings. The summed E-state index contributed by atoms with van der Waals surface area (Å²) in [5.74, 6) is 2.00. The number of hydrogen-bond acceptors (Lipinski definition) is 4. The van der Waals surface area contributed by atoms with Crippen LogP contribution in [0.15, 0.2) is 12.1 Å². The number of allylic oxidation sites excluding steroid dienone is 1. The number of hydrogen-bond donors (Lipinski definition) is 1. The third-order valence-corrected chi connectivity index (χ3v) is 4.61. The third-order valence-electron chi connectivity index (χ3n) is 4.61. The van der Waals surface area contributed by atoms with Crippen molar-refractivity contribution in [2.24, 2.45) is 0 Å². The molecule has 1 N–H and O–H groups in total. The Morgan fingerprint density at radius 1 is 1.08 bits per heavy atom. The molecule has 1 amide bonds. The maximum atomic E-state index is 11.3. The van der Waals surface area contributed by atoms with Crippen LogP contribution in [0.5, 0.6) is 0 Å². The highest BCUT2D eigenvalue weighted by molar-refractivity contribution is 6.51. The number of carbonyl (C=O) groups excluding carboxylic acids is 1. The van der Waals surface area contributed by atoms with Crippen LogP contribution in [-0.2, 0) is 14.0 Å². The number of alkyl carbamates (subject to hydrolysis) is 1. The Morgan fingerprint density at radius 2 is 1.75 bits per heavy atom. The van der Waals surface area contributed by atoms with Gasteiger partial charge in [-0.05, 0) is 53.4 Å². The van der Waals surface area contributed by atoms with Crippen LogP contribution in [0.25, 0.3) is 0 Å². The monoisotopic (exact) mass is 339 g/mol. The van der Waals surface area contributed by atoms with Gasteiger partial charge in [0.2, 0.25) is 0 Å². The second-order valence-electron chi connectivity index (χ2n) is 7.32. The number of nitrogens with one attached hydrogen (secondary N) is 1. The predicted octanol–water partition coefficient (Wildman–Crippen LogP) is 4.26. The van der Waals surface area contributed by atoms with E-state index in [1.54, 1.807) is 0 Å². The topological polar surface area (TPSA) is 56.8 Å². The molecule has 1 aliphatic heterocycles. The quantitative estimate of drug-likeness (QED) is 0.477. The van der Waals surface area contributed by atoms with Gasteiger partial charge in [0.25, 0.3) is 0 Å². The van der Waals surface area contributed by atoms with Gasteiger partial charge in [-0.15, -0.1) is 0 Å². The number of unbranched alkanes of at least 4 members (excludes halogenated alkanes) is 4. The molecule has 1 aliphatic rings. The van der Waals surface area contributed by atoms with Gasteiger partial charge in [-0.2, -0.15) is 0 Å². The standard InChI is InChI=1S/C18H34BNO4/c1-6-7-15-22-16(21)20-14-12-10-8-9-11-13-19-23-17(2,3)18(4,5)24-19/h11,13H,6-10,12,14-15H2,1-5H3,(H,20,21)/b13-11+. The zero-order chi connectivity index (χ0) is 18.1. The number of carbonyl (C=O) groups is 1. The lowest BCUT2D eigenvalue weighted by molar-refractivity contribution is 0.00578. The Balaban J connectivity index is 2.02. The highest BCUT2D eigenvalue weighted by Gasteiger charge is 2.49. The van der Waals surface area contributed by atoms with Crippen LogP contribution in [-0.4, -0.2) is 37.6 Å². The van der Waals surface area contributed by atoms with E-state index in [0.29, 0.717) is 13.2 Å². The molecular weight excluding hydrogens is 305 g/mol. The van der Waals surface area contributed by atoms with Gasteiger partial charge < -0.3 is 19.4 Å². The molecule has 1 fully saturated rings. The number of amides is 1. The van der Waals surface area contributed by atoms with Crippen molar-refractivity contribution in [3.8, 4) is 0 Å². The predicted molar refractivity (Wildman–Crippen MR) is 97.9 cm³/mol. The smallest absolute Gasteiger partial charge is 0.450 e. The van der Waals surface area contributed by atoms with E-state index >= 15 is 0 Å². The fraction of sp³-hybridized carbons (Fsp3) is 0.833. The molecule has 1 heterocycles. The van der Waals surface area contributed by atoms with Crippen molar-refractivity contribution in [2.45, 2.75) is 84.3 Å². The lowest BCUT2D eigenvalue weighted by Gasteiger charge is -2.32. The molecule has 138 valence electrons. The van der Waals surface area contributed by atoms with Crippen molar-refractivity contribution in [1.29, 1.82) is 0 Å². The van der Waals surface area contributed by atoms with Gasteiger partial charge in [-0.1, -0.05) is 31.8 Å². The van der Waals surface area contributed by atoms with Crippen LogP contribution >= 0.6 is 0 Å². The average Bonchev–Trinajstić information content (AvgIpc) is 2.69. The number of rotatable bonds is 10. The molecule has 0 radical (unpaired) electrons. The first kappa shape index (κ1) is 21.0. The molecule has 0 atom stereocenters. The van der Waals surface area contributed by atoms with Crippen molar-refractivity contribution in [3.63, 3.8) is 0 Å². The highest BCUT2D eigenvalue weighted by atomic mass is 16.7. The Labute approximate surface area is 147 Å². The first-order chi connectivity index (χ1) is 11.3. The van der Waals surface area contributed by atoms with Gasteiger partial charge in [-0.3, -0.25) is 0 Å². The molecule has 0 saturated carbocycles. The lowest BCUT2D eigenvalue weighted by Crippen LogP contribution is -2.41. The molecule has 24 heavy (non-hydrogen) atoms. The highest BCUT2D eigenvalue weighted by Crippen LogP contribution is 2.36. The van der Waals surface area contributed by atoms with Crippen LogP contribution in [0.4, 0.5) is 4.79 Å². The maximum absolute atomic E-state index is 11.3. The van der Waals surface area contributed by atoms with Gasteiger partial charge in [0.1, 0.15) is 0 Å². The van der Waals surface area contributed by atoms with Crippen molar-refractivity contribution in [2.75, 3.05) is 13.2 Å². The second-order valence-corrected chi connectivity index (χ2v) is 7.32. The summed E-state index contributed by atoms with van der Waals surface area (Å²) in [5.41, 5.74) is -0.557. The molecule has 5 nitrogen and oxygen atoms in total. The molecule has 6 heteroatoms.